The third-order valence-electron chi connectivity index (χ3n) is 7.91. The zero-order chi connectivity index (χ0) is 26.5. The monoisotopic (exact) mass is 512 g/mol. The summed E-state index contributed by atoms with van der Waals surface area (Å²) in [6.45, 7) is 1.97. The minimum absolute atomic E-state index is 0.131. The maximum absolute atomic E-state index is 12.2. The van der Waals surface area contributed by atoms with E-state index < -0.39 is 0 Å². The number of aromatic nitrogens is 1. The van der Waals surface area contributed by atoms with E-state index in [0.717, 1.165) is 45.2 Å². The average molecular weight is 513 g/mol. The standard InChI is InChI=1S/C32H36N2O4/c1-36-31(35)26-9-12-29-25(21-26)5-4-6-28(22-13-17-33-18-14-22)30(29)23-7-10-27(11-8-23)34-19-15-24(16-20-34)32(37-2)38-3/h7-14,17-18,21,24,32H,4-6,15-16,19-20H2,1-3H3. The van der Waals surface area contributed by atoms with Crippen LogP contribution >= 0.6 is 0 Å². The van der Waals surface area contributed by atoms with Crippen molar-refractivity contribution in [3.8, 4) is 0 Å². The van der Waals surface area contributed by atoms with Gasteiger partial charge in [-0.15, -0.1) is 0 Å². The van der Waals surface area contributed by atoms with E-state index in [9.17, 15) is 4.79 Å². The molecule has 3 aromatic rings. The van der Waals surface area contributed by atoms with Crippen molar-refractivity contribution in [2.75, 3.05) is 39.3 Å². The quantitative estimate of drug-likeness (QED) is 0.286. The molecule has 1 fully saturated rings. The molecule has 1 aliphatic heterocycles. The molecule has 1 aromatic heterocycles. The molecular formula is C32H36N2O4. The molecule has 0 amide bonds. The number of pyridine rings is 1. The van der Waals surface area contributed by atoms with Crippen LogP contribution in [-0.2, 0) is 20.6 Å². The number of carbonyl (C=O) groups is 1. The van der Waals surface area contributed by atoms with Crippen LogP contribution in [0.1, 0.15) is 58.3 Å². The predicted molar refractivity (Wildman–Crippen MR) is 150 cm³/mol. The van der Waals surface area contributed by atoms with Crippen LogP contribution in [0.2, 0.25) is 0 Å². The first kappa shape index (κ1) is 26.1. The van der Waals surface area contributed by atoms with Crippen LogP contribution < -0.4 is 4.90 Å². The van der Waals surface area contributed by atoms with Crippen molar-refractivity contribution in [1.29, 1.82) is 0 Å². The van der Waals surface area contributed by atoms with E-state index >= 15 is 0 Å². The highest BCUT2D eigenvalue weighted by molar-refractivity contribution is 6.01. The average Bonchev–Trinajstić information content (AvgIpc) is 3.17. The summed E-state index contributed by atoms with van der Waals surface area (Å²) in [7, 11) is 4.87. The normalized spacial score (nSPS) is 16.4. The van der Waals surface area contributed by atoms with Gasteiger partial charge in [0.25, 0.3) is 0 Å². The number of methoxy groups -OCH3 is 3. The summed E-state index contributed by atoms with van der Waals surface area (Å²) in [4.78, 5) is 18.9. The van der Waals surface area contributed by atoms with Crippen molar-refractivity contribution < 1.29 is 19.0 Å². The number of benzene rings is 2. The minimum Gasteiger partial charge on any atom is -0.465 e. The highest BCUT2D eigenvalue weighted by atomic mass is 16.7. The number of esters is 1. The molecule has 6 nitrogen and oxygen atoms in total. The number of fused-ring (bicyclic) bond motifs is 1. The van der Waals surface area contributed by atoms with Gasteiger partial charge in [-0.2, -0.15) is 0 Å². The molecule has 6 heteroatoms. The first-order valence-electron chi connectivity index (χ1n) is 13.4. The van der Waals surface area contributed by atoms with Crippen LogP contribution in [0.4, 0.5) is 5.69 Å². The summed E-state index contributed by atoms with van der Waals surface area (Å²) in [5.41, 5.74) is 9.12. The number of aryl methyl sites for hydroxylation is 1. The Bertz CT molecular complexity index is 1270. The topological polar surface area (TPSA) is 60.9 Å². The first-order valence-corrected chi connectivity index (χ1v) is 13.4. The SMILES string of the molecule is COC(=O)c1ccc2c(c1)CCCC(c1ccncc1)=C2c1ccc(N2CCC(C(OC)OC)CC2)cc1. The Balaban J connectivity index is 1.49. The molecule has 5 rings (SSSR count). The van der Waals surface area contributed by atoms with Gasteiger partial charge in [-0.1, -0.05) is 18.2 Å². The Morgan fingerprint density at radius 1 is 0.895 bits per heavy atom. The molecule has 198 valence electrons. The molecule has 0 saturated carbocycles. The van der Waals surface area contributed by atoms with E-state index in [0.29, 0.717) is 11.5 Å². The van der Waals surface area contributed by atoms with E-state index in [1.165, 1.54) is 46.2 Å². The number of hydrogen-bond acceptors (Lipinski definition) is 6. The summed E-state index contributed by atoms with van der Waals surface area (Å²) in [6, 6.07) is 19.1. The molecule has 2 aromatic carbocycles. The molecule has 0 unspecified atom stereocenters. The van der Waals surface area contributed by atoms with Gasteiger partial charge in [0.1, 0.15) is 0 Å². The molecule has 0 bridgehead atoms. The van der Waals surface area contributed by atoms with Crippen molar-refractivity contribution in [2.45, 2.75) is 38.4 Å². The summed E-state index contributed by atoms with van der Waals surface area (Å²) in [6.07, 6.45) is 8.55. The van der Waals surface area contributed by atoms with Crippen molar-refractivity contribution in [3.05, 3.63) is 94.8 Å². The lowest BCUT2D eigenvalue weighted by atomic mass is 9.87. The lowest BCUT2D eigenvalue weighted by molar-refractivity contribution is -0.141. The highest BCUT2D eigenvalue weighted by Crippen LogP contribution is 2.40. The Labute approximate surface area is 225 Å². The van der Waals surface area contributed by atoms with Gasteiger partial charge in [0.15, 0.2) is 6.29 Å². The zero-order valence-electron chi connectivity index (χ0n) is 22.5. The number of ether oxygens (including phenoxy) is 3. The van der Waals surface area contributed by atoms with Crippen molar-refractivity contribution >= 4 is 22.8 Å². The molecule has 0 N–H and O–H groups in total. The summed E-state index contributed by atoms with van der Waals surface area (Å²) < 4.78 is 16.0. The second kappa shape index (κ2) is 11.9. The first-order chi connectivity index (χ1) is 18.6. The number of anilines is 1. The van der Waals surface area contributed by atoms with Crippen molar-refractivity contribution in [1.82, 2.24) is 4.98 Å². The summed E-state index contributed by atoms with van der Waals surface area (Å²) in [5.74, 6) is 0.123. The second-order valence-corrected chi connectivity index (χ2v) is 10.0. The van der Waals surface area contributed by atoms with Gasteiger partial charge < -0.3 is 19.1 Å². The summed E-state index contributed by atoms with van der Waals surface area (Å²) in [5, 5.41) is 0. The molecular weight excluding hydrogens is 476 g/mol. The van der Waals surface area contributed by atoms with Gasteiger partial charge in [0.05, 0.1) is 12.7 Å². The fourth-order valence-corrected chi connectivity index (χ4v) is 5.95. The van der Waals surface area contributed by atoms with Crippen LogP contribution in [0.15, 0.2) is 67.0 Å². The molecule has 38 heavy (non-hydrogen) atoms. The molecule has 0 spiro atoms. The third-order valence-corrected chi connectivity index (χ3v) is 7.91. The van der Waals surface area contributed by atoms with E-state index in [-0.39, 0.29) is 12.3 Å². The fourth-order valence-electron chi connectivity index (χ4n) is 5.95. The summed E-state index contributed by atoms with van der Waals surface area (Å²) >= 11 is 0. The largest absolute Gasteiger partial charge is 0.465 e. The van der Waals surface area contributed by atoms with E-state index in [2.05, 4.69) is 52.3 Å². The molecule has 0 radical (unpaired) electrons. The van der Waals surface area contributed by atoms with Crippen LogP contribution in [-0.4, -0.2) is 51.7 Å². The van der Waals surface area contributed by atoms with Crippen molar-refractivity contribution in [2.24, 2.45) is 5.92 Å². The Morgan fingerprint density at radius 2 is 1.61 bits per heavy atom. The van der Waals surface area contributed by atoms with E-state index in [1.54, 1.807) is 14.2 Å². The number of allylic oxidation sites excluding steroid dienone is 1. The van der Waals surface area contributed by atoms with Gasteiger partial charge >= 0.3 is 5.97 Å². The Kier molecular flexibility index (Phi) is 8.20. The van der Waals surface area contributed by atoms with E-state index in [4.69, 9.17) is 14.2 Å². The lowest BCUT2D eigenvalue weighted by Gasteiger charge is -2.36. The predicted octanol–water partition coefficient (Wildman–Crippen LogP) is 6.00. The lowest BCUT2D eigenvalue weighted by Crippen LogP contribution is -2.39. The smallest absolute Gasteiger partial charge is 0.337 e. The number of nitrogens with zero attached hydrogens (tertiary/aromatic N) is 2. The molecule has 1 aliphatic carbocycles. The van der Waals surface area contributed by atoms with Crippen LogP contribution in [0, 0.1) is 5.92 Å². The van der Waals surface area contributed by atoms with Gasteiger partial charge in [0.2, 0.25) is 0 Å². The zero-order valence-corrected chi connectivity index (χ0v) is 22.5. The van der Waals surface area contributed by atoms with Crippen LogP contribution in [0.5, 0.6) is 0 Å². The minimum atomic E-state index is -0.299. The number of carbonyl (C=O) groups excluding carboxylic acids is 1. The van der Waals surface area contributed by atoms with Crippen molar-refractivity contribution in [3.63, 3.8) is 0 Å². The maximum Gasteiger partial charge on any atom is 0.337 e. The molecule has 2 aliphatic rings. The van der Waals surface area contributed by atoms with Crippen LogP contribution in [0.3, 0.4) is 0 Å². The maximum atomic E-state index is 12.2. The third kappa shape index (κ3) is 5.38. The van der Waals surface area contributed by atoms with Crippen LogP contribution in [0.25, 0.3) is 11.1 Å². The molecule has 0 atom stereocenters. The number of piperidine rings is 1. The van der Waals surface area contributed by atoms with Gasteiger partial charge in [-0.3, -0.25) is 4.98 Å². The molecule has 1 saturated heterocycles. The Morgan fingerprint density at radius 3 is 2.26 bits per heavy atom. The molecule has 2 heterocycles. The Hall–Kier alpha value is -3.48. The fraction of sp³-hybridized carbons (Fsp3) is 0.375. The van der Waals surface area contributed by atoms with Gasteiger partial charge in [-0.05, 0) is 102 Å². The van der Waals surface area contributed by atoms with Gasteiger partial charge in [0, 0.05) is 51.3 Å². The second-order valence-electron chi connectivity index (χ2n) is 10.0. The highest BCUT2D eigenvalue weighted by Gasteiger charge is 2.27. The number of rotatable bonds is 7. The van der Waals surface area contributed by atoms with E-state index in [1.807, 2.05) is 24.5 Å². The number of hydrogen-bond donors (Lipinski definition) is 0. The van der Waals surface area contributed by atoms with Gasteiger partial charge in [-0.25, -0.2) is 4.79 Å².